The van der Waals surface area contributed by atoms with Gasteiger partial charge in [-0.3, -0.25) is 0 Å². The van der Waals surface area contributed by atoms with Crippen molar-refractivity contribution in [2.75, 3.05) is 12.4 Å². The highest BCUT2D eigenvalue weighted by Crippen LogP contribution is 2.29. The van der Waals surface area contributed by atoms with E-state index in [1.165, 1.54) is 0 Å². The Hall–Kier alpha value is -1.59. The quantitative estimate of drug-likeness (QED) is 0.933. The Morgan fingerprint density at radius 3 is 2.50 bits per heavy atom. The Balaban J connectivity index is 2.49. The highest BCUT2D eigenvalue weighted by atomic mass is 35.5. The summed E-state index contributed by atoms with van der Waals surface area (Å²) >= 11 is 12.1. The molecule has 0 atom stereocenters. The number of hydrogen-bond acceptors (Lipinski definition) is 5. The first-order chi connectivity index (χ1) is 9.49. The normalized spacial score (nSPS) is 10.7. The molecule has 106 valence electrons. The molecular weight excluding hydrogens is 299 g/mol. The Labute approximate surface area is 127 Å². The van der Waals surface area contributed by atoms with Crippen molar-refractivity contribution in [1.82, 2.24) is 15.0 Å². The standard InChI is InChI=1S/C13H14Cl2N4O/c1-7(2)20-13-18-11(17-12(16-3)19-13)9-5-4-8(14)6-10(9)15/h4-7H,1-3H3,(H,16,17,18,19). The van der Waals surface area contributed by atoms with Gasteiger partial charge in [0.15, 0.2) is 5.82 Å². The van der Waals surface area contributed by atoms with E-state index in [0.717, 1.165) is 0 Å². The molecule has 0 spiro atoms. The molecule has 20 heavy (non-hydrogen) atoms. The van der Waals surface area contributed by atoms with Crippen LogP contribution in [0.3, 0.4) is 0 Å². The third-order valence-electron chi connectivity index (χ3n) is 2.35. The monoisotopic (exact) mass is 312 g/mol. The third kappa shape index (κ3) is 3.49. The number of benzene rings is 1. The van der Waals surface area contributed by atoms with Crippen LogP contribution in [0.1, 0.15) is 13.8 Å². The molecule has 1 heterocycles. The first kappa shape index (κ1) is 14.8. The lowest BCUT2D eigenvalue weighted by Gasteiger charge is -2.11. The fraction of sp³-hybridized carbons (Fsp3) is 0.308. The minimum atomic E-state index is -0.0318. The molecule has 5 nitrogen and oxygen atoms in total. The zero-order valence-electron chi connectivity index (χ0n) is 11.3. The van der Waals surface area contributed by atoms with Gasteiger partial charge in [0.2, 0.25) is 5.95 Å². The molecule has 0 unspecified atom stereocenters. The summed E-state index contributed by atoms with van der Waals surface area (Å²) in [5.41, 5.74) is 0.670. The van der Waals surface area contributed by atoms with E-state index in [1.54, 1.807) is 25.2 Å². The van der Waals surface area contributed by atoms with E-state index in [1.807, 2.05) is 13.8 Å². The molecule has 0 aliphatic rings. The number of ether oxygens (including phenoxy) is 1. The van der Waals surface area contributed by atoms with Crippen LogP contribution in [-0.4, -0.2) is 28.1 Å². The van der Waals surface area contributed by atoms with Crippen LogP contribution in [-0.2, 0) is 0 Å². The van der Waals surface area contributed by atoms with Gasteiger partial charge < -0.3 is 10.1 Å². The largest absolute Gasteiger partial charge is 0.461 e. The van der Waals surface area contributed by atoms with Gasteiger partial charge in [0.05, 0.1) is 11.1 Å². The molecule has 1 aromatic heterocycles. The van der Waals surface area contributed by atoms with Crippen LogP contribution in [0.4, 0.5) is 5.95 Å². The van der Waals surface area contributed by atoms with E-state index in [2.05, 4.69) is 20.3 Å². The number of aromatic nitrogens is 3. The first-order valence-corrected chi connectivity index (χ1v) is 6.81. The zero-order valence-corrected chi connectivity index (χ0v) is 12.8. The smallest absolute Gasteiger partial charge is 0.322 e. The van der Waals surface area contributed by atoms with Crippen LogP contribution < -0.4 is 10.1 Å². The number of rotatable bonds is 4. The minimum absolute atomic E-state index is 0.0318. The van der Waals surface area contributed by atoms with Crippen molar-refractivity contribution in [3.63, 3.8) is 0 Å². The molecule has 7 heteroatoms. The highest BCUT2D eigenvalue weighted by molar-refractivity contribution is 6.36. The van der Waals surface area contributed by atoms with Crippen molar-refractivity contribution >= 4 is 29.2 Å². The van der Waals surface area contributed by atoms with Gasteiger partial charge in [0.25, 0.3) is 0 Å². The molecule has 0 radical (unpaired) electrons. The van der Waals surface area contributed by atoms with E-state index in [-0.39, 0.29) is 12.1 Å². The molecule has 0 aliphatic carbocycles. The van der Waals surface area contributed by atoms with Crippen LogP contribution in [0, 0.1) is 0 Å². The molecule has 0 bridgehead atoms. The summed E-state index contributed by atoms with van der Waals surface area (Å²) in [5.74, 6) is 0.846. The molecule has 0 saturated carbocycles. The molecule has 1 N–H and O–H groups in total. The Morgan fingerprint density at radius 1 is 1.15 bits per heavy atom. The molecule has 0 amide bonds. The fourth-order valence-electron chi connectivity index (χ4n) is 1.52. The van der Waals surface area contributed by atoms with Crippen LogP contribution in [0.2, 0.25) is 10.0 Å². The summed E-state index contributed by atoms with van der Waals surface area (Å²) in [7, 11) is 1.72. The van der Waals surface area contributed by atoms with Crippen molar-refractivity contribution < 1.29 is 4.74 Å². The lowest BCUT2D eigenvalue weighted by Crippen LogP contribution is -2.11. The zero-order chi connectivity index (χ0) is 14.7. The summed E-state index contributed by atoms with van der Waals surface area (Å²) in [4.78, 5) is 12.7. The van der Waals surface area contributed by atoms with Gasteiger partial charge in [0.1, 0.15) is 0 Å². The molecule has 0 fully saturated rings. The second-order valence-electron chi connectivity index (χ2n) is 4.31. The summed E-state index contributed by atoms with van der Waals surface area (Å²) in [6.07, 6.45) is -0.0318. The minimum Gasteiger partial charge on any atom is -0.461 e. The molecule has 1 aromatic carbocycles. The van der Waals surface area contributed by atoms with Gasteiger partial charge in [-0.15, -0.1) is 0 Å². The number of halogens is 2. The van der Waals surface area contributed by atoms with Crippen LogP contribution in [0.5, 0.6) is 6.01 Å². The van der Waals surface area contributed by atoms with Gasteiger partial charge in [-0.05, 0) is 32.0 Å². The molecule has 2 rings (SSSR count). The molecule has 2 aromatic rings. The van der Waals surface area contributed by atoms with E-state index in [0.29, 0.717) is 27.4 Å². The Morgan fingerprint density at radius 2 is 1.90 bits per heavy atom. The average molecular weight is 313 g/mol. The number of nitrogens with one attached hydrogen (secondary N) is 1. The summed E-state index contributed by atoms with van der Waals surface area (Å²) in [5, 5.41) is 3.90. The second-order valence-corrected chi connectivity index (χ2v) is 5.15. The number of hydrogen-bond donors (Lipinski definition) is 1. The van der Waals surface area contributed by atoms with E-state index >= 15 is 0 Å². The van der Waals surface area contributed by atoms with Gasteiger partial charge in [-0.2, -0.15) is 15.0 Å². The van der Waals surface area contributed by atoms with Crippen molar-refractivity contribution in [3.8, 4) is 17.4 Å². The number of anilines is 1. The highest BCUT2D eigenvalue weighted by Gasteiger charge is 2.13. The average Bonchev–Trinajstić information content (AvgIpc) is 2.37. The SMILES string of the molecule is CNc1nc(OC(C)C)nc(-c2ccc(Cl)cc2Cl)n1. The predicted molar refractivity (Wildman–Crippen MR) is 80.6 cm³/mol. The van der Waals surface area contributed by atoms with Crippen molar-refractivity contribution in [1.29, 1.82) is 0 Å². The fourth-order valence-corrected chi connectivity index (χ4v) is 2.02. The van der Waals surface area contributed by atoms with Crippen LogP contribution >= 0.6 is 23.2 Å². The van der Waals surface area contributed by atoms with Gasteiger partial charge >= 0.3 is 6.01 Å². The van der Waals surface area contributed by atoms with E-state index in [4.69, 9.17) is 27.9 Å². The van der Waals surface area contributed by atoms with Gasteiger partial charge in [0, 0.05) is 17.6 Å². The van der Waals surface area contributed by atoms with Gasteiger partial charge in [-0.1, -0.05) is 23.2 Å². The third-order valence-corrected chi connectivity index (χ3v) is 2.90. The summed E-state index contributed by atoms with van der Waals surface area (Å²) in [6, 6.07) is 5.39. The van der Waals surface area contributed by atoms with Crippen molar-refractivity contribution in [2.45, 2.75) is 20.0 Å². The maximum atomic E-state index is 6.17. The lowest BCUT2D eigenvalue weighted by molar-refractivity contribution is 0.222. The van der Waals surface area contributed by atoms with E-state index in [9.17, 15) is 0 Å². The Bertz CT molecular complexity index is 619. The van der Waals surface area contributed by atoms with Crippen molar-refractivity contribution in [2.24, 2.45) is 0 Å². The summed E-state index contributed by atoms with van der Waals surface area (Å²) in [6.45, 7) is 3.80. The second kappa shape index (κ2) is 6.24. The molecule has 0 aliphatic heterocycles. The predicted octanol–water partition coefficient (Wildman–Crippen LogP) is 3.67. The first-order valence-electron chi connectivity index (χ1n) is 6.05. The Kier molecular flexibility index (Phi) is 4.62. The van der Waals surface area contributed by atoms with Gasteiger partial charge in [-0.25, -0.2) is 0 Å². The number of nitrogens with zero attached hydrogens (tertiary/aromatic N) is 3. The lowest BCUT2D eigenvalue weighted by atomic mass is 10.2. The van der Waals surface area contributed by atoms with E-state index < -0.39 is 0 Å². The maximum absolute atomic E-state index is 6.17. The topological polar surface area (TPSA) is 59.9 Å². The molecule has 0 saturated heterocycles. The van der Waals surface area contributed by atoms with Crippen LogP contribution in [0.15, 0.2) is 18.2 Å². The van der Waals surface area contributed by atoms with Crippen molar-refractivity contribution in [3.05, 3.63) is 28.2 Å². The van der Waals surface area contributed by atoms with Crippen LogP contribution in [0.25, 0.3) is 11.4 Å². The molecular formula is C13H14Cl2N4O. The maximum Gasteiger partial charge on any atom is 0.322 e. The summed E-state index contributed by atoms with van der Waals surface area (Å²) < 4.78 is 5.51.